The number of hydrogen-bond donors (Lipinski definition) is 0. The second-order valence-corrected chi connectivity index (χ2v) is 10.4. The van der Waals surface area contributed by atoms with Gasteiger partial charge in [0.2, 0.25) is 0 Å². The Bertz CT molecular complexity index is 1370. The van der Waals surface area contributed by atoms with E-state index >= 15 is 0 Å². The van der Waals surface area contributed by atoms with E-state index in [2.05, 4.69) is 148 Å². The van der Waals surface area contributed by atoms with Crippen molar-refractivity contribution in [1.29, 1.82) is 0 Å². The average molecular weight is 614 g/mol. The summed E-state index contributed by atoms with van der Waals surface area (Å²) in [5.41, 5.74) is 5.14. The van der Waals surface area contributed by atoms with Gasteiger partial charge in [-0.3, -0.25) is 0 Å². The van der Waals surface area contributed by atoms with E-state index in [4.69, 9.17) is 0 Å². The zero-order valence-electron chi connectivity index (χ0n) is 24.0. The van der Waals surface area contributed by atoms with Crippen molar-refractivity contribution in [1.82, 2.24) is 0 Å². The van der Waals surface area contributed by atoms with Gasteiger partial charge in [-0.2, -0.15) is 12.1 Å². The molecule has 0 aromatic heterocycles. The fraction of sp³-hybridized carbons (Fsp3) is 0.105. The molecular weight excluding hydrogens is 576 g/mol. The van der Waals surface area contributed by atoms with Gasteiger partial charge < -0.3 is 0 Å². The molecule has 0 N–H and O–H groups in total. The van der Waals surface area contributed by atoms with Gasteiger partial charge in [0.1, 0.15) is 0 Å². The van der Waals surface area contributed by atoms with Crippen molar-refractivity contribution in [3.63, 3.8) is 0 Å². The number of fused-ring (bicyclic) bond motifs is 2. The van der Waals surface area contributed by atoms with E-state index in [1.54, 1.807) is 0 Å². The molecule has 0 aliphatic carbocycles. The maximum atomic E-state index is 2.20. The number of hydrogen-bond acceptors (Lipinski definition) is 0. The Hall–Kier alpha value is -3.32. The van der Waals surface area contributed by atoms with Crippen LogP contribution in [0.15, 0.2) is 146 Å². The molecule has 0 aliphatic rings. The SMILES string of the molecule is C(C=Cc1ccccc1)=Cc1ccccc1.C[Si]C.Cc1cc2ccccc2[cH-]1.Cc1cc2ccccc2[cH-]1.[Zr+2]. The molecule has 0 aliphatic heterocycles. The first-order valence-electron chi connectivity index (χ1n) is 13.4. The van der Waals surface area contributed by atoms with Crippen LogP contribution in [0.5, 0.6) is 0 Å². The van der Waals surface area contributed by atoms with Gasteiger partial charge >= 0.3 is 26.2 Å². The third-order valence-electron chi connectivity index (χ3n) is 5.81. The van der Waals surface area contributed by atoms with E-state index < -0.39 is 0 Å². The maximum absolute atomic E-state index is 2.20. The van der Waals surface area contributed by atoms with Crippen molar-refractivity contribution in [2.24, 2.45) is 0 Å². The summed E-state index contributed by atoms with van der Waals surface area (Å²) in [6.45, 7) is 8.56. The predicted octanol–water partition coefficient (Wildman–Crippen LogP) is 10.9. The maximum Gasteiger partial charge on any atom is 2.00 e. The van der Waals surface area contributed by atoms with Crippen molar-refractivity contribution in [2.75, 3.05) is 0 Å². The second kappa shape index (κ2) is 18.9. The molecule has 0 unspecified atom stereocenters. The zero-order chi connectivity index (χ0) is 27.7. The monoisotopic (exact) mass is 612 g/mol. The summed E-state index contributed by atoms with van der Waals surface area (Å²) >= 11 is 0. The van der Waals surface area contributed by atoms with Gasteiger partial charge in [-0.25, -0.2) is 0 Å². The van der Waals surface area contributed by atoms with Crippen LogP contribution in [0.25, 0.3) is 33.7 Å². The van der Waals surface area contributed by atoms with Crippen LogP contribution in [-0.2, 0) is 26.2 Å². The normalized spacial score (nSPS) is 10.2. The fourth-order valence-electron chi connectivity index (χ4n) is 4.07. The summed E-state index contributed by atoms with van der Waals surface area (Å²) in [5.74, 6) is 0. The first-order valence-corrected chi connectivity index (χ1v) is 15.4. The van der Waals surface area contributed by atoms with Crippen molar-refractivity contribution >= 4 is 43.2 Å². The minimum absolute atomic E-state index is 0. The Labute approximate surface area is 262 Å². The Kier molecular flexibility index (Phi) is 15.5. The molecule has 0 saturated heterocycles. The number of rotatable bonds is 3. The largest absolute Gasteiger partial charge is 2.00 e. The summed E-state index contributed by atoms with van der Waals surface area (Å²) in [6, 6.07) is 46.2. The Balaban J connectivity index is 0.000000204. The molecule has 0 saturated carbocycles. The van der Waals surface area contributed by atoms with Crippen molar-refractivity contribution in [2.45, 2.75) is 26.9 Å². The minimum Gasteiger partial charge on any atom is -0.165 e. The van der Waals surface area contributed by atoms with E-state index in [1.807, 2.05) is 36.4 Å². The van der Waals surface area contributed by atoms with Crippen molar-refractivity contribution in [3.05, 3.63) is 168 Å². The molecule has 0 fully saturated rings. The number of allylic oxidation sites excluding steroid dienone is 2. The smallest absolute Gasteiger partial charge is 0.165 e. The molecule has 6 rings (SSSR count). The van der Waals surface area contributed by atoms with Gasteiger partial charge in [0.05, 0.1) is 0 Å². The van der Waals surface area contributed by atoms with Gasteiger partial charge in [-0.1, -0.05) is 124 Å². The van der Waals surface area contributed by atoms with E-state index in [9.17, 15) is 0 Å². The van der Waals surface area contributed by atoms with E-state index in [-0.39, 0.29) is 26.2 Å². The van der Waals surface area contributed by atoms with Gasteiger partial charge in [0.15, 0.2) is 0 Å². The van der Waals surface area contributed by atoms with Crippen molar-refractivity contribution in [3.8, 4) is 0 Å². The van der Waals surface area contributed by atoms with Gasteiger partial charge in [-0.15, -0.1) is 81.2 Å². The van der Waals surface area contributed by atoms with Gasteiger partial charge in [0, 0.05) is 9.52 Å². The molecule has 40 heavy (non-hydrogen) atoms. The molecule has 2 heteroatoms. The van der Waals surface area contributed by atoms with Crippen LogP contribution in [0.1, 0.15) is 22.3 Å². The van der Waals surface area contributed by atoms with Gasteiger partial charge in [0.25, 0.3) is 0 Å². The number of aryl methyl sites for hydroxylation is 2. The van der Waals surface area contributed by atoms with Crippen LogP contribution in [-0.4, -0.2) is 9.52 Å². The molecule has 6 aromatic carbocycles. The first-order chi connectivity index (χ1) is 19.1. The van der Waals surface area contributed by atoms with Crippen LogP contribution in [0.4, 0.5) is 0 Å². The Morgan fingerprint density at radius 2 is 0.825 bits per heavy atom. The molecule has 0 spiro atoms. The van der Waals surface area contributed by atoms with Crippen LogP contribution in [0.3, 0.4) is 0 Å². The summed E-state index contributed by atoms with van der Waals surface area (Å²) in [4.78, 5) is 0. The molecule has 6 aromatic rings. The van der Waals surface area contributed by atoms with Crippen LogP contribution in [0, 0.1) is 13.8 Å². The number of benzene rings is 4. The summed E-state index contributed by atoms with van der Waals surface area (Å²) < 4.78 is 0. The first kappa shape index (κ1) is 32.9. The molecule has 198 valence electrons. The van der Waals surface area contributed by atoms with Crippen LogP contribution < -0.4 is 0 Å². The third kappa shape index (κ3) is 11.8. The second-order valence-electron chi connectivity index (χ2n) is 9.36. The van der Waals surface area contributed by atoms with Gasteiger partial charge in [-0.05, 0) is 11.1 Å². The minimum atomic E-state index is 0. The molecule has 0 amide bonds. The molecule has 0 nitrogen and oxygen atoms in total. The molecule has 0 atom stereocenters. The summed E-state index contributed by atoms with van der Waals surface area (Å²) in [6.07, 6.45) is 8.31. The molecule has 2 radical (unpaired) electrons. The van der Waals surface area contributed by atoms with Crippen LogP contribution in [0.2, 0.25) is 13.1 Å². The molecular formula is C38H38SiZr. The predicted molar refractivity (Wildman–Crippen MR) is 177 cm³/mol. The van der Waals surface area contributed by atoms with E-state index in [0.29, 0.717) is 0 Å². The Morgan fingerprint density at radius 1 is 0.500 bits per heavy atom. The third-order valence-corrected chi connectivity index (χ3v) is 5.81. The van der Waals surface area contributed by atoms with E-state index in [0.717, 1.165) is 9.52 Å². The van der Waals surface area contributed by atoms with Crippen LogP contribution >= 0.6 is 0 Å². The Morgan fingerprint density at radius 3 is 1.18 bits per heavy atom. The average Bonchev–Trinajstić information content (AvgIpc) is 3.54. The molecule has 0 heterocycles. The molecule has 0 bridgehead atoms. The standard InChI is InChI=1S/C16H14.2C10H9.C2H6Si.Zr/c1-3-9-15(10-4-1)13-7-8-14-16-11-5-2-6-12-16;2*1-8-6-9-4-2-3-5-10(9)7-8;1-3-2;/h1-14H;2*2-7H,1H3;1-2H3;/q;2*-1;;+2. The van der Waals surface area contributed by atoms with Crippen molar-refractivity contribution < 1.29 is 26.2 Å². The van der Waals surface area contributed by atoms with E-state index in [1.165, 1.54) is 43.8 Å². The quantitative estimate of drug-likeness (QED) is 0.106. The topological polar surface area (TPSA) is 0 Å². The summed E-state index contributed by atoms with van der Waals surface area (Å²) in [7, 11) is 1.08. The fourth-order valence-corrected chi connectivity index (χ4v) is 4.07. The summed E-state index contributed by atoms with van der Waals surface area (Å²) in [5, 5.41) is 5.39. The zero-order valence-corrected chi connectivity index (χ0v) is 27.5.